The van der Waals surface area contributed by atoms with Crippen molar-refractivity contribution in [3.8, 4) is 0 Å². The fraction of sp³-hybridized carbons (Fsp3) is 0.600. The molecule has 0 aliphatic carbocycles. The fourth-order valence-corrected chi connectivity index (χ4v) is 0. The van der Waals surface area contributed by atoms with Crippen molar-refractivity contribution in [1.29, 1.82) is 0 Å². The molecule has 0 aromatic rings. The van der Waals surface area contributed by atoms with Gasteiger partial charge in [-0.05, 0) is 0 Å². The zero-order valence-corrected chi connectivity index (χ0v) is 11.5. The largest absolute Gasteiger partial charge is 0.425 e. The van der Waals surface area contributed by atoms with Gasteiger partial charge in [0.15, 0.2) is 0 Å². The Labute approximate surface area is 40.0 Å². The standard InChI is InChI=1S/C4H9O.CH3.Rf/c1-3-4(2)5;;/h4-5H,2-3H2,1H3;1H3;/q2*-1;. The van der Waals surface area contributed by atoms with E-state index in [0.29, 0.717) is 0 Å². The smallest absolute Gasteiger partial charge is 0 e. The topological polar surface area (TPSA) is 20.2 Å². The van der Waals surface area contributed by atoms with E-state index >= 15 is 0 Å². The summed E-state index contributed by atoms with van der Waals surface area (Å²) in [7, 11) is 0. The van der Waals surface area contributed by atoms with Crippen molar-refractivity contribution in [2.45, 2.75) is 19.4 Å². The van der Waals surface area contributed by atoms with E-state index in [1.54, 1.807) is 0 Å². The molecule has 1 nitrogen and oxygen atoms in total. The predicted molar refractivity (Wildman–Crippen MR) is 28.1 cm³/mol. The second kappa shape index (κ2) is 8.88. The molecule has 0 radical (unpaired) electrons. The Morgan fingerprint density at radius 2 is 1.86 bits per heavy atom. The molecule has 1 unspecified atom stereocenters. The van der Waals surface area contributed by atoms with E-state index in [4.69, 9.17) is 5.11 Å². The monoisotopic (exact) mass is 355 g/mol. The number of hydrogen-bond acceptors (Lipinski definition) is 1. The molecule has 0 heterocycles. The van der Waals surface area contributed by atoms with Crippen molar-refractivity contribution in [2.24, 2.45) is 0 Å². The first-order chi connectivity index (χ1) is 2.27. The maximum absolute atomic E-state index is 8.25. The Morgan fingerprint density at radius 1 is 1.71 bits per heavy atom. The second-order valence-corrected chi connectivity index (χ2v) is 1.06. The average Bonchev–Trinajstić information content (AvgIpc) is 1.38. The van der Waals surface area contributed by atoms with Crippen molar-refractivity contribution in [1.82, 2.24) is 0 Å². The van der Waals surface area contributed by atoms with Crippen LogP contribution in [0.1, 0.15) is 13.3 Å². The summed E-state index contributed by atoms with van der Waals surface area (Å²) in [5.74, 6) is 0. The number of rotatable bonds is 1. The minimum atomic E-state index is -0.366. The van der Waals surface area contributed by atoms with Crippen LogP contribution in [0.2, 0.25) is 0 Å². The van der Waals surface area contributed by atoms with Gasteiger partial charge in [0.05, 0.1) is 0 Å². The molecule has 1 N–H and O–H groups in total. The normalized spacial score (nSPS) is 10.7. The van der Waals surface area contributed by atoms with Crippen LogP contribution in [0, 0.1) is 14.4 Å². The van der Waals surface area contributed by atoms with Crippen molar-refractivity contribution < 1.29 is 5.11 Å². The summed E-state index contributed by atoms with van der Waals surface area (Å²) in [6.07, 6.45) is 0.384. The fourth-order valence-electron chi connectivity index (χ4n) is 0. The molecule has 0 saturated heterocycles. The third-order valence-electron chi connectivity index (χ3n) is 0.471. The minimum absolute atomic E-state index is 0. The van der Waals surface area contributed by atoms with Crippen LogP contribution in [-0.2, 0) is 0 Å². The molecule has 0 spiro atoms. The van der Waals surface area contributed by atoms with Gasteiger partial charge >= 0.3 is 0 Å². The Hall–Kier alpha value is -1.04. The summed E-state index contributed by atoms with van der Waals surface area (Å²) in [6, 6.07) is 0. The Bertz CT molecular complexity index is 22.0. The van der Waals surface area contributed by atoms with Crippen LogP contribution in [0.5, 0.6) is 0 Å². The Morgan fingerprint density at radius 3 is 1.86 bits per heavy atom. The van der Waals surface area contributed by atoms with Crippen molar-refractivity contribution in [2.75, 3.05) is 0 Å². The molecular formula is C5H12ORf-2. The van der Waals surface area contributed by atoms with Crippen LogP contribution in [0.25, 0.3) is 0 Å². The quantitative estimate of drug-likeness (QED) is 0.697. The van der Waals surface area contributed by atoms with Gasteiger partial charge in [-0.2, -0.15) is 0 Å². The molecule has 0 fully saturated rings. The summed E-state index contributed by atoms with van der Waals surface area (Å²) >= 11 is 0. The van der Waals surface area contributed by atoms with E-state index < -0.39 is 0 Å². The molecule has 1 atom stereocenters. The minimum Gasteiger partial charge on any atom is -0.425 e. The number of aliphatic hydroxyl groups is 1. The Kier molecular flexibility index (Phi) is 21.2. The third-order valence-corrected chi connectivity index (χ3v) is 0.471. The van der Waals surface area contributed by atoms with Crippen LogP contribution in [0.4, 0.5) is 0 Å². The van der Waals surface area contributed by atoms with Gasteiger partial charge in [0.25, 0.3) is 0 Å². The molecule has 0 amide bonds. The summed E-state index contributed by atoms with van der Waals surface area (Å²) in [5, 5.41) is 8.25. The summed E-state index contributed by atoms with van der Waals surface area (Å²) in [6.45, 7) is 5.20. The molecule has 0 aromatic carbocycles. The van der Waals surface area contributed by atoms with Gasteiger partial charge in [0.1, 0.15) is 0 Å². The second-order valence-electron chi connectivity index (χ2n) is 1.06. The van der Waals surface area contributed by atoms with Crippen LogP contribution < -0.4 is 0 Å². The molecule has 0 rings (SSSR count). The van der Waals surface area contributed by atoms with Gasteiger partial charge in [0, 0.05) is 0 Å². The van der Waals surface area contributed by atoms with E-state index in [0.717, 1.165) is 6.42 Å². The van der Waals surface area contributed by atoms with E-state index in [9.17, 15) is 0 Å². The van der Waals surface area contributed by atoms with Crippen molar-refractivity contribution in [3.05, 3.63) is 14.4 Å². The summed E-state index contributed by atoms with van der Waals surface area (Å²) in [5.41, 5.74) is 0. The van der Waals surface area contributed by atoms with E-state index in [-0.39, 0.29) is 13.5 Å². The molecule has 0 aliphatic heterocycles. The maximum Gasteiger partial charge on any atom is 0 e. The van der Waals surface area contributed by atoms with Gasteiger partial charge in [-0.3, -0.25) is 0 Å². The zero-order valence-electron chi connectivity index (χ0n) is 5.15. The van der Waals surface area contributed by atoms with Gasteiger partial charge in [0.2, 0.25) is 0 Å². The molecule has 0 aromatic heterocycles. The molecule has 0 saturated carbocycles. The maximum atomic E-state index is 8.25. The average molecular weight is 355 g/mol. The number of hydrogen-bond donors (Lipinski definition) is 1. The molecular weight excluding hydrogens is 343 g/mol. The van der Waals surface area contributed by atoms with E-state index in [2.05, 4.69) is 6.92 Å². The van der Waals surface area contributed by atoms with Gasteiger partial charge < -0.3 is 19.5 Å². The van der Waals surface area contributed by atoms with Crippen molar-refractivity contribution in [3.63, 3.8) is 0 Å². The molecule has 0 aliphatic rings. The third kappa shape index (κ3) is 47.2. The number of aliphatic hydroxyl groups excluding tert-OH is 1. The van der Waals surface area contributed by atoms with Gasteiger partial charge in [-0.15, -0.1) is 0 Å². The molecule has 42 valence electrons. The van der Waals surface area contributed by atoms with Crippen molar-refractivity contribution >= 4 is 0 Å². The van der Waals surface area contributed by atoms with Crippen LogP contribution in [-0.4, -0.2) is 11.2 Å². The first-order valence-electron chi connectivity index (χ1n) is 1.78. The summed E-state index contributed by atoms with van der Waals surface area (Å²) < 4.78 is 0. The SMILES string of the molecule is [CH2-]C(O)CC.[CH3-].[Rf]. The summed E-state index contributed by atoms with van der Waals surface area (Å²) in [4.78, 5) is 0. The Balaban J connectivity index is -0.0000000800. The van der Waals surface area contributed by atoms with Crippen LogP contribution in [0.3, 0.4) is 0 Å². The zero-order chi connectivity index (χ0) is 4.28. The molecule has 2 heteroatoms. The molecule has 7 heavy (non-hydrogen) atoms. The van der Waals surface area contributed by atoms with Crippen LogP contribution >= 0.6 is 0 Å². The van der Waals surface area contributed by atoms with Gasteiger partial charge in [-0.1, -0.05) is 19.4 Å². The van der Waals surface area contributed by atoms with E-state index in [1.807, 2.05) is 6.92 Å². The first-order valence-corrected chi connectivity index (χ1v) is 1.78. The van der Waals surface area contributed by atoms with Crippen LogP contribution in [0.15, 0.2) is 0 Å². The van der Waals surface area contributed by atoms with Gasteiger partial charge in [-0.25, -0.2) is 0 Å². The predicted octanol–water partition coefficient (Wildman–Crippen LogP) is 1.04. The van der Waals surface area contributed by atoms with E-state index in [1.165, 1.54) is 0 Å². The first kappa shape index (κ1) is 16.7. The molecule has 0 bridgehead atoms.